The lowest BCUT2D eigenvalue weighted by Gasteiger charge is -2.28. The van der Waals surface area contributed by atoms with E-state index in [2.05, 4.69) is 53.2 Å². The number of rotatable bonds is 23. The Balaban J connectivity index is 2.65. The first-order valence-corrected chi connectivity index (χ1v) is 25.4. The van der Waals surface area contributed by atoms with E-state index in [1.807, 2.05) is 6.92 Å². The molecule has 0 unspecified atom stereocenters. The molecular formula is C48H81N13O14. The van der Waals surface area contributed by atoms with Crippen LogP contribution in [0, 0.1) is 0 Å². The predicted octanol–water partition coefficient (Wildman–Crippen LogP) is -6.35. The van der Waals surface area contributed by atoms with Crippen LogP contribution < -0.4 is 70.4 Å². The van der Waals surface area contributed by atoms with E-state index in [4.69, 9.17) is 17.2 Å². The molecule has 1 aromatic carbocycles. The fourth-order valence-corrected chi connectivity index (χ4v) is 7.75. The van der Waals surface area contributed by atoms with E-state index in [-0.39, 0.29) is 51.7 Å². The highest BCUT2D eigenvalue weighted by Crippen LogP contribution is 2.10. The molecule has 1 heterocycles. The minimum atomic E-state index is -1.80. The van der Waals surface area contributed by atoms with E-state index in [9.17, 15) is 68.4 Å². The van der Waals surface area contributed by atoms with Crippen molar-refractivity contribution in [3.05, 3.63) is 35.9 Å². The van der Waals surface area contributed by atoms with Gasteiger partial charge in [0.25, 0.3) is 0 Å². The van der Waals surface area contributed by atoms with Crippen LogP contribution in [0.3, 0.4) is 0 Å². The highest BCUT2D eigenvalue weighted by atomic mass is 16.3. The van der Waals surface area contributed by atoms with Crippen molar-refractivity contribution in [1.29, 1.82) is 0 Å². The van der Waals surface area contributed by atoms with E-state index in [0.717, 1.165) is 25.7 Å². The van der Waals surface area contributed by atoms with E-state index < -0.39 is 151 Å². The minimum Gasteiger partial charge on any atom is -0.394 e. The molecule has 1 fully saturated rings. The number of nitrogens with one attached hydrogen (secondary N) is 10. The maximum atomic E-state index is 14.3. The second kappa shape index (κ2) is 34.3. The van der Waals surface area contributed by atoms with Gasteiger partial charge < -0.3 is 90.8 Å². The van der Waals surface area contributed by atoms with Crippen molar-refractivity contribution in [3.63, 3.8) is 0 Å². The van der Waals surface area contributed by atoms with Gasteiger partial charge in [0.05, 0.1) is 24.9 Å². The van der Waals surface area contributed by atoms with Crippen LogP contribution in [0.25, 0.3) is 0 Å². The molecule has 20 N–H and O–H groups in total. The molecule has 0 aliphatic carbocycles. The first-order chi connectivity index (χ1) is 35.6. The van der Waals surface area contributed by atoms with Gasteiger partial charge in [0.1, 0.15) is 54.4 Å². The number of carbonyl (C=O) groups excluding carboxylic acids is 10. The van der Waals surface area contributed by atoms with Crippen molar-refractivity contribution in [2.75, 3.05) is 32.8 Å². The molecule has 0 bridgehead atoms. The SMILES string of the molecule is CCCCCCCC(=O)N[C@H](C(=O)N[C@H](CO)C(=O)N[C@H]1CCNC(=O)[C@H]([C@@H](C)O)NC(=O)[C@H](CCN)NC(=O)[C@H](CCN)NC(=O)[C@H]([C@@H](C)O)NC(=O)[C@H](Cc2ccccc2)NC(=O)[C@H](CCN)NC1=O)[C@@H](C)O. The Bertz CT molecular complexity index is 2030. The van der Waals surface area contributed by atoms with E-state index in [1.165, 1.54) is 20.8 Å². The quantitative estimate of drug-likeness (QED) is 0.0453. The molecule has 1 aliphatic rings. The van der Waals surface area contributed by atoms with Gasteiger partial charge in [-0.25, -0.2) is 0 Å². The van der Waals surface area contributed by atoms with Crippen LogP contribution in [0.15, 0.2) is 30.3 Å². The summed E-state index contributed by atoms with van der Waals surface area (Å²) in [4.78, 5) is 137. The molecule has 27 nitrogen and oxygen atoms in total. The molecule has 10 amide bonds. The van der Waals surface area contributed by atoms with Crippen LogP contribution >= 0.6 is 0 Å². The fourth-order valence-electron chi connectivity index (χ4n) is 7.75. The maximum Gasteiger partial charge on any atom is 0.245 e. The number of amides is 10. The zero-order valence-corrected chi connectivity index (χ0v) is 43.2. The summed E-state index contributed by atoms with van der Waals surface area (Å²) in [7, 11) is 0. The van der Waals surface area contributed by atoms with Gasteiger partial charge in [-0.2, -0.15) is 0 Å². The monoisotopic (exact) mass is 1060 g/mol. The summed E-state index contributed by atoms with van der Waals surface area (Å²) in [6, 6.07) is -6.18. The first kappa shape index (κ1) is 64.8. The number of benzene rings is 1. The third-order valence-corrected chi connectivity index (χ3v) is 12.1. The van der Waals surface area contributed by atoms with Crippen molar-refractivity contribution in [2.45, 2.75) is 171 Å². The number of hydrogen-bond acceptors (Lipinski definition) is 17. The molecule has 27 heteroatoms. The fraction of sp³-hybridized carbons (Fsp3) is 0.667. The van der Waals surface area contributed by atoms with Crippen molar-refractivity contribution in [1.82, 2.24) is 53.2 Å². The molecule has 1 aromatic rings. The Morgan fingerprint density at radius 3 is 1.60 bits per heavy atom. The standard InChI is InChI=1S/C48H81N13O14/c1-5-6-7-8-12-15-36(66)59-38(27(3)64)47(74)58-35(25-62)45(72)55-33-19-23-52-46(73)37(26(2)63)60-43(70)32(18-22-51)54-40(67)31(17-21-50)56-48(75)39(28(4)65)61-44(71)34(24-29-13-10-9-11-14-29)57-41(68)30(16-20-49)53-42(33)69/h9-11,13-14,26-28,30-35,37-39,62-65H,5-8,12,15-25,49-51H2,1-4H3,(H,52,73)(H,53,69)(H,54,67)(H,55,72)(H,56,75)(H,57,68)(H,58,74)(H,59,66)(H,60,70)(H,61,71)/t26-,27-,28-,30+,31+,32+,33+,34+,35-,37+,38+,39+/m1/s1. The molecule has 0 aromatic heterocycles. The summed E-state index contributed by atoms with van der Waals surface area (Å²) in [5.41, 5.74) is 17.9. The summed E-state index contributed by atoms with van der Waals surface area (Å²) in [6.07, 6.45) is -1.80. The van der Waals surface area contributed by atoms with Crippen LogP contribution in [0.5, 0.6) is 0 Å². The van der Waals surface area contributed by atoms with Gasteiger partial charge in [-0.3, -0.25) is 47.9 Å². The van der Waals surface area contributed by atoms with Crippen LogP contribution in [0.1, 0.15) is 97.5 Å². The van der Waals surface area contributed by atoms with Crippen LogP contribution in [0.2, 0.25) is 0 Å². The lowest BCUT2D eigenvalue weighted by Crippen LogP contribution is -2.62. The number of unbranched alkanes of at least 4 members (excludes halogenated alkanes) is 4. The second-order valence-corrected chi connectivity index (χ2v) is 18.5. The Hall–Kier alpha value is -6.36. The molecule has 0 radical (unpaired) electrons. The van der Waals surface area contributed by atoms with Gasteiger partial charge in [-0.05, 0) is 78.1 Å². The van der Waals surface area contributed by atoms with Gasteiger partial charge >= 0.3 is 0 Å². The average molecular weight is 1060 g/mol. The first-order valence-electron chi connectivity index (χ1n) is 25.4. The summed E-state index contributed by atoms with van der Waals surface area (Å²) in [5.74, 6) is -9.83. The summed E-state index contributed by atoms with van der Waals surface area (Å²) in [6.45, 7) is 3.51. The maximum absolute atomic E-state index is 14.3. The number of aliphatic hydroxyl groups is 4. The molecule has 422 valence electrons. The van der Waals surface area contributed by atoms with Gasteiger partial charge in [0.2, 0.25) is 59.1 Å². The molecule has 12 atom stereocenters. The molecule has 75 heavy (non-hydrogen) atoms. The number of aliphatic hydroxyl groups excluding tert-OH is 4. The molecular weight excluding hydrogens is 983 g/mol. The second-order valence-electron chi connectivity index (χ2n) is 18.5. The third kappa shape index (κ3) is 22.6. The van der Waals surface area contributed by atoms with E-state index >= 15 is 0 Å². The van der Waals surface area contributed by atoms with E-state index in [0.29, 0.717) is 12.0 Å². The number of nitrogens with two attached hydrogens (primary N) is 3. The summed E-state index contributed by atoms with van der Waals surface area (Å²) < 4.78 is 0. The molecule has 0 saturated carbocycles. The predicted molar refractivity (Wildman–Crippen MR) is 272 cm³/mol. The Labute approximate surface area is 436 Å². The van der Waals surface area contributed by atoms with Crippen molar-refractivity contribution in [3.8, 4) is 0 Å². The lowest BCUT2D eigenvalue weighted by atomic mass is 10.0. The lowest BCUT2D eigenvalue weighted by molar-refractivity contribution is -0.137. The number of carbonyl (C=O) groups is 10. The Morgan fingerprint density at radius 1 is 0.613 bits per heavy atom. The topological polar surface area (TPSA) is 450 Å². The molecule has 1 saturated heterocycles. The van der Waals surface area contributed by atoms with Crippen molar-refractivity contribution < 1.29 is 68.4 Å². The van der Waals surface area contributed by atoms with Crippen LogP contribution in [-0.2, 0) is 54.4 Å². The van der Waals surface area contributed by atoms with Gasteiger partial charge in [-0.1, -0.05) is 62.9 Å². The summed E-state index contributed by atoms with van der Waals surface area (Å²) >= 11 is 0. The highest BCUT2D eigenvalue weighted by molar-refractivity contribution is 5.99. The molecule has 2 rings (SSSR count). The Morgan fingerprint density at radius 2 is 1.09 bits per heavy atom. The highest BCUT2D eigenvalue weighted by Gasteiger charge is 2.37. The minimum absolute atomic E-state index is 0.0526. The van der Waals surface area contributed by atoms with Gasteiger partial charge in [-0.15, -0.1) is 0 Å². The average Bonchev–Trinajstić information content (AvgIpc) is 3.36. The zero-order chi connectivity index (χ0) is 56.2. The molecule has 1 aliphatic heterocycles. The van der Waals surface area contributed by atoms with E-state index in [1.54, 1.807) is 30.3 Å². The van der Waals surface area contributed by atoms with Gasteiger partial charge in [0.15, 0.2) is 0 Å². The largest absolute Gasteiger partial charge is 0.394 e. The summed E-state index contributed by atoms with van der Waals surface area (Å²) in [5, 5.41) is 66.4. The van der Waals surface area contributed by atoms with Crippen LogP contribution in [-0.4, -0.2) is 185 Å². The van der Waals surface area contributed by atoms with Crippen molar-refractivity contribution in [2.24, 2.45) is 17.2 Å². The normalized spacial score (nSPS) is 23.9. The molecule has 0 spiro atoms. The zero-order valence-electron chi connectivity index (χ0n) is 43.2. The van der Waals surface area contributed by atoms with Crippen molar-refractivity contribution >= 4 is 59.1 Å². The number of hydrogen-bond donors (Lipinski definition) is 17. The smallest absolute Gasteiger partial charge is 0.245 e. The van der Waals surface area contributed by atoms with Gasteiger partial charge in [0, 0.05) is 19.4 Å². The Kier molecular flexibility index (Phi) is 29.6. The third-order valence-electron chi connectivity index (χ3n) is 12.1. The van der Waals surface area contributed by atoms with Crippen LogP contribution in [0.4, 0.5) is 0 Å².